The van der Waals surface area contributed by atoms with Crippen molar-refractivity contribution in [3.05, 3.63) is 29.8 Å². The van der Waals surface area contributed by atoms with Gasteiger partial charge in [-0.25, -0.2) is 0 Å². The highest BCUT2D eigenvalue weighted by Crippen LogP contribution is 2.31. The number of carbonyl (C=O) groups excluding carboxylic acids is 1. The maximum absolute atomic E-state index is 11.3. The summed E-state index contributed by atoms with van der Waals surface area (Å²) in [5.74, 6) is 0.805. The predicted octanol–water partition coefficient (Wildman–Crippen LogP) is 2.75. The Hall–Kier alpha value is -1.51. The molecule has 1 unspecified atom stereocenters. The van der Waals surface area contributed by atoms with Crippen molar-refractivity contribution in [3.8, 4) is 5.75 Å². The summed E-state index contributed by atoms with van der Waals surface area (Å²) >= 11 is 0. The van der Waals surface area contributed by atoms with Crippen LogP contribution in [0.1, 0.15) is 31.2 Å². The molecule has 0 N–H and O–H groups in total. The molecule has 0 saturated carbocycles. The van der Waals surface area contributed by atoms with Crippen LogP contribution >= 0.6 is 0 Å². The van der Waals surface area contributed by atoms with Gasteiger partial charge in [0.2, 0.25) is 0 Å². The summed E-state index contributed by atoms with van der Waals surface area (Å²) in [6.45, 7) is 2.06. The van der Waals surface area contributed by atoms with Crippen molar-refractivity contribution >= 4 is 5.97 Å². The third-order valence-electron chi connectivity index (χ3n) is 2.71. The fourth-order valence-corrected chi connectivity index (χ4v) is 1.76. The Morgan fingerprint density at radius 1 is 1.31 bits per heavy atom. The SMILES string of the molecule is CCC(CC(=O)OC)c1ccccc1OC. The van der Waals surface area contributed by atoms with Crippen molar-refractivity contribution in [1.29, 1.82) is 0 Å². The molecule has 0 aliphatic heterocycles. The first-order valence-corrected chi connectivity index (χ1v) is 5.42. The molecule has 1 rings (SSSR count). The third kappa shape index (κ3) is 2.99. The standard InChI is InChI=1S/C13H18O3/c1-4-10(9-13(14)16-3)11-7-5-6-8-12(11)15-2/h5-8,10H,4,9H2,1-3H3. The molecule has 0 aromatic heterocycles. The number of carbonyl (C=O) groups is 1. The van der Waals surface area contributed by atoms with Gasteiger partial charge >= 0.3 is 5.97 Å². The van der Waals surface area contributed by atoms with E-state index in [9.17, 15) is 4.79 Å². The van der Waals surface area contributed by atoms with Crippen molar-refractivity contribution in [1.82, 2.24) is 0 Å². The molecular formula is C13H18O3. The summed E-state index contributed by atoms with van der Waals surface area (Å²) in [5.41, 5.74) is 1.07. The Bertz CT molecular complexity index is 347. The zero-order chi connectivity index (χ0) is 12.0. The van der Waals surface area contributed by atoms with E-state index in [2.05, 4.69) is 6.92 Å². The Labute approximate surface area is 96.4 Å². The van der Waals surface area contributed by atoms with Gasteiger partial charge in [0.1, 0.15) is 5.75 Å². The third-order valence-corrected chi connectivity index (χ3v) is 2.71. The number of hydrogen-bond donors (Lipinski definition) is 0. The van der Waals surface area contributed by atoms with E-state index in [0.717, 1.165) is 17.7 Å². The van der Waals surface area contributed by atoms with Crippen molar-refractivity contribution in [2.75, 3.05) is 14.2 Å². The summed E-state index contributed by atoms with van der Waals surface area (Å²) in [6.07, 6.45) is 1.28. The van der Waals surface area contributed by atoms with Crippen LogP contribution in [0.15, 0.2) is 24.3 Å². The molecule has 0 bridgehead atoms. The predicted molar refractivity (Wildman–Crippen MR) is 62.7 cm³/mol. The molecule has 0 aliphatic rings. The lowest BCUT2D eigenvalue weighted by Crippen LogP contribution is -2.09. The van der Waals surface area contributed by atoms with Gasteiger partial charge in [0.15, 0.2) is 0 Å². The van der Waals surface area contributed by atoms with Crippen molar-refractivity contribution < 1.29 is 14.3 Å². The summed E-state index contributed by atoms with van der Waals surface area (Å²) in [4.78, 5) is 11.3. The Morgan fingerprint density at radius 2 is 2.00 bits per heavy atom. The first-order chi connectivity index (χ1) is 7.72. The number of rotatable bonds is 5. The molecule has 0 spiro atoms. The van der Waals surface area contributed by atoms with Gasteiger partial charge in [-0.1, -0.05) is 25.1 Å². The largest absolute Gasteiger partial charge is 0.496 e. The van der Waals surface area contributed by atoms with E-state index in [-0.39, 0.29) is 11.9 Å². The minimum Gasteiger partial charge on any atom is -0.496 e. The minimum atomic E-state index is -0.183. The van der Waals surface area contributed by atoms with Crippen LogP contribution in [-0.2, 0) is 9.53 Å². The van der Waals surface area contributed by atoms with Gasteiger partial charge in [-0.15, -0.1) is 0 Å². The van der Waals surface area contributed by atoms with Gasteiger partial charge in [0, 0.05) is 0 Å². The van der Waals surface area contributed by atoms with Gasteiger partial charge in [-0.2, -0.15) is 0 Å². The average Bonchev–Trinajstić information content (AvgIpc) is 2.35. The molecule has 0 heterocycles. The molecule has 0 fully saturated rings. The summed E-state index contributed by atoms with van der Waals surface area (Å²) in [7, 11) is 3.06. The van der Waals surface area contributed by atoms with Crippen molar-refractivity contribution in [2.24, 2.45) is 0 Å². The summed E-state index contributed by atoms with van der Waals surface area (Å²) in [6, 6.07) is 7.79. The summed E-state index contributed by atoms with van der Waals surface area (Å²) in [5, 5.41) is 0. The molecule has 0 aliphatic carbocycles. The molecule has 3 heteroatoms. The van der Waals surface area contributed by atoms with Crippen molar-refractivity contribution in [2.45, 2.75) is 25.7 Å². The second-order valence-electron chi connectivity index (χ2n) is 3.63. The van der Waals surface area contributed by atoms with Crippen LogP contribution in [0.3, 0.4) is 0 Å². The fourth-order valence-electron chi connectivity index (χ4n) is 1.76. The highest BCUT2D eigenvalue weighted by Gasteiger charge is 2.17. The van der Waals surface area contributed by atoms with E-state index in [0.29, 0.717) is 6.42 Å². The van der Waals surface area contributed by atoms with E-state index < -0.39 is 0 Å². The lowest BCUT2D eigenvalue weighted by Gasteiger charge is -2.16. The molecule has 16 heavy (non-hydrogen) atoms. The Balaban J connectivity index is 2.89. The molecule has 0 radical (unpaired) electrons. The van der Waals surface area contributed by atoms with Gasteiger partial charge in [-0.05, 0) is 24.0 Å². The van der Waals surface area contributed by atoms with Crippen LogP contribution in [0, 0.1) is 0 Å². The minimum absolute atomic E-state index is 0.156. The van der Waals surface area contributed by atoms with Crippen LogP contribution in [0.25, 0.3) is 0 Å². The molecular weight excluding hydrogens is 204 g/mol. The Morgan fingerprint density at radius 3 is 2.56 bits per heavy atom. The first-order valence-electron chi connectivity index (χ1n) is 5.42. The highest BCUT2D eigenvalue weighted by atomic mass is 16.5. The second-order valence-corrected chi connectivity index (χ2v) is 3.63. The van der Waals surface area contributed by atoms with Gasteiger partial charge in [0.25, 0.3) is 0 Å². The van der Waals surface area contributed by atoms with Crippen LogP contribution < -0.4 is 4.74 Å². The van der Waals surface area contributed by atoms with Crippen molar-refractivity contribution in [3.63, 3.8) is 0 Å². The van der Waals surface area contributed by atoms with E-state index in [4.69, 9.17) is 9.47 Å². The molecule has 1 atom stereocenters. The molecule has 88 valence electrons. The fraction of sp³-hybridized carbons (Fsp3) is 0.462. The number of benzene rings is 1. The molecule has 3 nitrogen and oxygen atoms in total. The smallest absolute Gasteiger partial charge is 0.306 e. The highest BCUT2D eigenvalue weighted by molar-refractivity contribution is 5.70. The van der Waals surface area contributed by atoms with E-state index in [1.807, 2.05) is 24.3 Å². The maximum atomic E-state index is 11.3. The number of hydrogen-bond acceptors (Lipinski definition) is 3. The number of para-hydroxylation sites is 1. The monoisotopic (exact) mass is 222 g/mol. The molecule has 1 aromatic carbocycles. The topological polar surface area (TPSA) is 35.5 Å². The molecule has 1 aromatic rings. The van der Waals surface area contributed by atoms with Crippen LogP contribution in [0.5, 0.6) is 5.75 Å². The van der Waals surface area contributed by atoms with Gasteiger partial charge < -0.3 is 9.47 Å². The lowest BCUT2D eigenvalue weighted by atomic mass is 9.92. The number of esters is 1. The number of methoxy groups -OCH3 is 2. The number of ether oxygens (including phenoxy) is 2. The zero-order valence-corrected chi connectivity index (χ0v) is 10.0. The van der Waals surface area contributed by atoms with Crippen LogP contribution in [0.2, 0.25) is 0 Å². The Kier molecular flexibility index (Phi) is 4.83. The normalized spacial score (nSPS) is 11.9. The zero-order valence-electron chi connectivity index (χ0n) is 10.0. The average molecular weight is 222 g/mol. The second kappa shape index (κ2) is 6.16. The molecule has 0 saturated heterocycles. The first kappa shape index (κ1) is 12.6. The van der Waals surface area contributed by atoms with E-state index >= 15 is 0 Å². The molecule has 0 amide bonds. The van der Waals surface area contributed by atoms with E-state index in [1.54, 1.807) is 7.11 Å². The van der Waals surface area contributed by atoms with Crippen LogP contribution in [-0.4, -0.2) is 20.2 Å². The summed E-state index contributed by atoms with van der Waals surface area (Å²) < 4.78 is 9.99. The van der Waals surface area contributed by atoms with Crippen LogP contribution in [0.4, 0.5) is 0 Å². The maximum Gasteiger partial charge on any atom is 0.306 e. The van der Waals surface area contributed by atoms with E-state index in [1.165, 1.54) is 7.11 Å². The van der Waals surface area contributed by atoms with Gasteiger partial charge in [-0.3, -0.25) is 4.79 Å². The quantitative estimate of drug-likeness (QED) is 0.719. The lowest BCUT2D eigenvalue weighted by molar-refractivity contribution is -0.141. The van der Waals surface area contributed by atoms with Gasteiger partial charge in [0.05, 0.1) is 20.6 Å².